The van der Waals surface area contributed by atoms with E-state index >= 15 is 0 Å². The number of furan rings is 1. The van der Waals surface area contributed by atoms with Crippen LogP contribution in [-0.4, -0.2) is 19.7 Å². The topological polar surface area (TPSA) is 107 Å². The van der Waals surface area contributed by atoms with Crippen LogP contribution in [0.25, 0.3) is 12.2 Å². The van der Waals surface area contributed by atoms with Crippen LogP contribution in [0, 0.1) is 14.9 Å². The summed E-state index contributed by atoms with van der Waals surface area (Å²) in [5, 5.41) is 16.7. The summed E-state index contributed by atoms with van der Waals surface area (Å²) in [6.45, 7) is 0. The van der Waals surface area contributed by atoms with Crippen molar-refractivity contribution in [3.63, 3.8) is 0 Å². The Morgan fingerprint density at radius 2 is 2.26 bits per heavy atom. The highest BCUT2D eigenvalue weighted by Crippen LogP contribution is 2.16. The zero-order valence-corrected chi connectivity index (χ0v) is 10.5. The molecule has 98 valence electrons. The number of rotatable bonds is 3. The number of hydrogen-bond donors (Lipinski definition) is 1. The molecule has 2 aromatic rings. The second-order valence-electron chi connectivity index (χ2n) is 3.54. The minimum atomic E-state index is -0.644. The van der Waals surface area contributed by atoms with Crippen LogP contribution in [0.1, 0.15) is 11.5 Å². The second-order valence-corrected chi connectivity index (χ2v) is 3.93. The molecule has 0 radical (unpaired) electrons. The Balaban J connectivity index is 2.32. The maximum atomic E-state index is 11.7. The standard InChI is InChI=1S/C10H8N4O4S/c1-13-9(15)7(11-12-10(13)19)4-2-6-3-5-8(18-6)14(16)17/h2-5H,1H3,(H,12,19)/b4-2+. The van der Waals surface area contributed by atoms with Crippen molar-refractivity contribution in [3.8, 4) is 0 Å². The fourth-order valence-corrected chi connectivity index (χ4v) is 1.42. The predicted octanol–water partition coefficient (Wildman–Crippen LogP) is 1.51. The molecule has 2 aromatic heterocycles. The molecule has 0 atom stereocenters. The fourth-order valence-electron chi connectivity index (χ4n) is 1.29. The SMILES string of the molecule is Cn1c(=S)[nH]nc(/C=C/c2ccc([N+](=O)[O-])o2)c1=O. The first-order valence-corrected chi connectivity index (χ1v) is 5.48. The third-order valence-electron chi connectivity index (χ3n) is 2.30. The summed E-state index contributed by atoms with van der Waals surface area (Å²) in [7, 11) is 1.51. The Bertz CT molecular complexity index is 770. The molecule has 2 rings (SSSR count). The molecule has 8 nitrogen and oxygen atoms in total. The Hall–Kier alpha value is -2.55. The fraction of sp³-hybridized carbons (Fsp3) is 0.100. The molecular formula is C10H8N4O4S. The summed E-state index contributed by atoms with van der Waals surface area (Å²) in [6, 6.07) is 2.65. The van der Waals surface area contributed by atoms with Crippen molar-refractivity contribution in [2.45, 2.75) is 0 Å². The van der Waals surface area contributed by atoms with Crippen LogP contribution in [0.2, 0.25) is 0 Å². The van der Waals surface area contributed by atoms with Gasteiger partial charge in [-0.1, -0.05) is 0 Å². The Morgan fingerprint density at radius 3 is 2.89 bits per heavy atom. The molecule has 2 heterocycles. The minimum Gasteiger partial charge on any atom is -0.401 e. The van der Waals surface area contributed by atoms with Crippen LogP contribution in [0.3, 0.4) is 0 Å². The Kier molecular flexibility index (Phi) is 3.38. The number of H-pyrrole nitrogens is 1. The van der Waals surface area contributed by atoms with Gasteiger partial charge in [-0.3, -0.25) is 24.6 Å². The number of hydrogen-bond acceptors (Lipinski definition) is 6. The van der Waals surface area contributed by atoms with Crippen LogP contribution >= 0.6 is 12.2 Å². The molecule has 0 aliphatic heterocycles. The van der Waals surface area contributed by atoms with E-state index in [0.29, 0.717) is 0 Å². The molecule has 0 unspecified atom stereocenters. The van der Waals surface area contributed by atoms with Gasteiger partial charge in [-0.05, 0) is 30.4 Å². The zero-order valence-electron chi connectivity index (χ0n) is 9.69. The average molecular weight is 280 g/mol. The summed E-state index contributed by atoms with van der Waals surface area (Å²) in [4.78, 5) is 21.5. The van der Waals surface area contributed by atoms with Gasteiger partial charge in [0.15, 0.2) is 4.77 Å². The quantitative estimate of drug-likeness (QED) is 0.518. The number of aromatic amines is 1. The molecular weight excluding hydrogens is 272 g/mol. The third kappa shape index (κ3) is 2.65. The summed E-state index contributed by atoms with van der Waals surface area (Å²) in [5.74, 6) is -0.119. The molecule has 0 saturated carbocycles. The highest BCUT2D eigenvalue weighted by molar-refractivity contribution is 7.71. The van der Waals surface area contributed by atoms with E-state index in [1.165, 1.54) is 35.9 Å². The normalized spacial score (nSPS) is 11.0. The van der Waals surface area contributed by atoms with Gasteiger partial charge in [-0.25, -0.2) is 0 Å². The third-order valence-corrected chi connectivity index (χ3v) is 2.66. The van der Waals surface area contributed by atoms with Crippen LogP contribution < -0.4 is 5.56 Å². The lowest BCUT2D eigenvalue weighted by Gasteiger charge is -1.97. The van der Waals surface area contributed by atoms with Crippen LogP contribution in [0.4, 0.5) is 5.88 Å². The first-order chi connectivity index (χ1) is 8.99. The van der Waals surface area contributed by atoms with Gasteiger partial charge in [0.05, 0.1) is 6.07 Å². The highest BCUT2D eigenvalue weighted by Gasteiger charge is 2.10. The van der Waals surface area contributed by atoms with Gasteiger partial charge in [-0.15, -0.1) is 0 Å². The minimum absolute atomic E-state index is 0.121. The zero-order chi connectivity index (χ0) is 14.0. The van der Waals surface area contributed by atoms with E-state index in [1.807, 2.05) is 0 Å². The predicted molar refractivity (Wildman–Crippen MR) is 69.0 cm³/mol. The number of aromatic nitrogens is 3. The highest BCUT2D eigenvalue weighted by atomic mass is 32.1. The van der Waals surface area contributed by atoms with Crippen molar-refractivity contribution in [3.05, 3.63) is 48.8 Å². The molecule has 0 fully saturated rings. The maximum Gasteiger partial charge on any atom is 0.433 e. The average Bonchev–Trinajstić information content (AvgIpc) is 2.84. The van der Waals surface area contributed by atoms with Gasteiger partial charge in [0.25, 0.3) is 5.56 Å². The van der Waals surface area contributed by atoms with Gasteiger partial charge in [0.1, 0.15) is 16.4 Å². The van der Waals surface area contributed by atoms with Crippen LogP contribution in [-0.2, 0) is 7.05 Å². The molecule has 0 aromatic carbocycles. The maximum absolute atomic E-state index is 11.7. The van der Waals surface area contributed by atoms with Crippen LogP contribution in [0.15, 0.2) is 21.3 Å². The number of nitro groups is 1. The van der Waals surface area contributed by atoms with Gasteiger partial charge in [0.2, 0.25) is 0 Å². The van der Waals surface area contributed by atoms with Gasteiger partial charge >= 0.3 is 5.88 Å². The van der Waals surface area contributed by atoms with Gasteiger partial charge in [-0.2, -0.15) is 5.10 Å². The van der Waals surface area contributed by atoms with E-state index in [4.69, 9.17) is 16.6 Å². The number of nitrogens with one attached hydrogen (secondary N) is 1. The summed E-state index contributed by atoms with van der Waals surface area (Å²) in [6.07, 6.45) is 2.80. The first kappa shape index (κ1) is 12.9. The molecule has 9 heteroatoms. The molecule has 0 bridgehead atoms. The smallest absolute Gasteiger partial charge is 0.401 e. The van der Waals surface area contributed by atoms with Crippen molar-refractivity contribution in [2.24, 2.45) is 7.05 Å². The van der Waals surface area contributed by atoms with E-state index in [2.05, 4.69) is 10.2 Å². The van der Waals surface area contributed by atoms with Crippen molar-refractivity contribution in [1.29, 1.82) is 0 Å². The van der Waals surface area contributed by atoms with Crippen molar-refractivity contribution in [1.82, 2.24) is 14.8 Å². The first-order valence-electron chi connectivity index (χ1n) is 5.07. The number of nitrogens with zero attached hydrogens (tertiary/aromatic N) is 3. The van der Waals surface area contributed by atoms with E-state index in [1.54, 1.807) is 0 Å². The van der Waals surface area contributed by atoms with Crippen molar-refractivity contribution in [2.75, 3.05) is 0 Å². The second kappa shape index (κ2) is 4.98. The molecule has 0 saturated heterocycles. The van der Waals surface area contributed by atoms with Gasteiger partial charge in [0, 0.05) is 7.05 Å². The summed E-state index contributed by atoms with van der Waals surface area (Å²) in [5.41, 5.74) is -0.254. The lowest BCUT2D eigenvalue weighted by molar-refractivity contribution is -0.402. The monoisotopic (exact) mass is 280 g/mol. The summed E-state index contributed by atoms with van der Waals surface area (Å²) < 4.78 is 6.34. The van der Waals surface area contributed by atoms with E-state index < -0.39 is 4.92 Å². The van der Waals surface area contributed by atoms with Crippen molar-refractivity contribution < 1.29 is 9.34 Å². The van der Waals surface area contributed by atoms with E-state index in [9.17, 15) is 14.9 Å². The molecule has 19 heavy (non-hydrogen) atoms. The molecule has 0 aliphatic rings. The lowest BCUT2D eigenvalue weighted by atomic mass is 10.3. The Morgan fingerprint density at radius 1 is 1.53 bits per heavy atom. The van der Waals surface area contributed by atoms with Crippen LogP contribution in [0.5, 0.6) is 0 Å². The lowest BCUT2D eigenvalue weighted by Crippen LogP contribution is -2.22. The van der Waals surface area contributed by atoms with E-state index in [0.717, 1.165) is 0 Å². The largest absolute Gasteiger partial charge is 0.433 e. The molecule has 1 N–H and O–H groups in total. The summed E-state index contributed by atoms with van der Waals surface area (Å²) >= 11 is 4.84. The van der Waals surface area contributed by atoms with E-state index in [-0.39, 0.29) is 27.7 Å². The Labute approximate surface area is 111 Å². The van der Waals surface area contributed by atoms with Crippen molar-refractivity contribution >= 4 is 30.3 Å². The molecule has 0 spiro atoms. The molecule has 0 amide bonds. The van der Waals surface area contributed by atoms with Gasteiger partial charge < -0.3 is 4.42 Å². The molecule has 0 aliphatic carbocycles.